The molecule has 0 amide bonds. The maximum Gasteiger partial charge on any atom is 0.334 e. The molecule has 1 atom stereocenters. The summed E-state index contributed by atoms with van der Waals surface area (Å²) in [5.41, 5.74) is 0.615. The molecule has 0 saturated carbocycles. The highest BCUT2D eigenvalue weighted by Crippen LogP contribution is 2.14. The van der Waals surface area contributed by atoms with Gasteiger partial charge in [-0.15, -0.1) is 0 Å². The molecule has 20 heavy (non-hydrogen) atoms. The van der Waals surface area contributed by atoms with Crippen molar-refractivity contribution in [2.75, 3.05) is 25.5 Å². The molecule has 0 fully saturated rings. The molecular weight excluding hydrogens is 284 g/mol. The minimum Gasteiger partial charge on any atom is -0.479 e. The molecular formula is C12H18N2O5S. The highest BCUT2D eigenvalue weighted by molar-refractivity contribution is 7.89. The summed E-state index contributed by atoms with van der Waals surface area (Å²) < 4.78 is 30.6. The van der Waals surface area contributed by atoms with Gasteiger partial charge in [0.25, 0.3) is 0 Å². The van der Waals surface area contributed by atoms with E-state index in [0.29, 0.717) is 12.2 Å². The number of benzene rings is 1. The Morgan fingerprint density at radius 2 is 1.95 bits per heavy atom. The van der Waals surface area contributed by atoms with Crippen LogP contribution in [0.3, 0.4) is 0 Å². The average molecular weight is 302 g/mol. The van der Waals surface area contributed by atoms with Crippen molar-refractivity contribution < 1.29 is 23.1 Å². The molecule has 0 saturated heterocycles. The van der Waals surface area contributed by atoms with Gasteiger partial charge in [0.1, 0.15) is 0 Å². The van der Waals surface area contributed by atoms with Crippen LogP contribution in [0, 0.1) is 0 Å². The van der Waals surface area contributed by atoms with Gasteiger partial charge in [-0.1, -0.05) is 6.92 Å². The molecule has 0 bridgehead atoms. The summed E-state index contributed by atoms with van der Waals surface area (Å²) in [5, 5.41) is 11.7. The lowest BCUT2D eigenvalue weighted by Crippen LogP contribution is -2.30. The number of carboxylic acids is 1. The summed E-state index contributed by atoms with van der Waals surface area (Å²) in [6.07, 6.45) is -0.958. The summed E-state index contributed by atoms with van der Waals surface area (Å²) in [7, 11) is -2.16. The van der Waals surface area contributed by atoms with E-state index >= 15 is 0 Å². The second-order valence-electron chi connectivity index (χ2n) is 3.97. The number of methoxy groups -OCH3 is 1. The summed E-state index contributed by atoms with van der Waals surface area (Å²) in [6, 6.07) is 6.03. The van der Waals surface area contributed by atoms with E-state index in [1.807, 2.05) is 0 Å². The van der Waals surface area contributed by atoms with Crippen LogP contribution in [-0.4, -0.2) is 45.8 Å². The fourth-order valence-electron chi connectivity index (χ4n) is 1.51. The van der Waals surface area contributed by atoms with Crippen LogP contribution in [-0.2, 0) is 19.6 Å². The summed E-state index contributed by atoms with van der Waals surface area (Å²) in [6.45, 7) is 2.10. The second kappa shape index (κ2) is 7.22. The van der Waals surface area contributed by atoms with Gasteiger partial charge in [-0.25, -0.2) is 17.9 Å². The van der Waals surface area contributed by atoms with Crippen molar-refractivity contribution in [3.8, 4) is 0 Å². The van der Waals surface area contributed by atoms with Crippen molar-refractivity contribution in [1.82, 2.24) is 4.72 Å². The average Bonchev–Trinajstić information content (AvgIpc) is 2.39. The third-order valence-electron chi connectivity index (χ3n) is 2.55. The Balaban J connectivity index is 2.70. The predicted octanol–water partition coefficient (Wildman–Crippen LogP) is 0.496. The molecule has 0 aliphatic heterocycles. The topological polar surface area (TPSA) is 105 Å². The highest BCUT2D eigenvalue weighted by atomic mass is 32.2. The zero-order valence-electron chi connectivity index (χ0n) is 11.3. The van der Waals surface area contributed by atoms with E-state index in [9.17, 15) is 13.2 Å². The number of carbonyl (C=O) groups is 1. The van der Waals surface area contributed by atoms with Crippen molar-refractivity contribution >= 4 is 21.7 Å². The van der Waals surface area contributed by atoms with E-state index in [0.717, 1.165) is 0 Å². The first kappa shape index (κ1) is 16.4. The molecule has 1 unspecified atom stereocenters. The van der Waals surface area contributed by atoms with E-state index in [4.69, 9.17) is 9.84 Å². The molecule has 0 aliphatic carbocycles. The lowest BCUT2D eigenvalue weighted by molar-refractivity contribution is -0.147. The molecule has 0 radical (unpaired) electrons. The van der Waals surface area contributed by atoms with Crippen LogP contribution >= 0.6 is 0 Å². The van der Waals surface area contributed by atoms with E-state index in [1.54, 1.807) is 19.1 Å². The van der Waals surface area contributed by atoms with Crippen molar-refractivity contribution in [1.29, 1.82) is 0 Å². The fraction of sp³-hybridized carbons (Fsp3) is 0.417. The maximum absolute atomic E-state index is 11.7. The van der Waals surface area contributed by atoms with Gasteiger partial charge in [-0.3, -0.25) is 0 Å². The van der Waals surface area contributed by atoms with Crippen LogP contribution in [0.15, 0.2) is 29.2 Å². The van der Waals surface area contributed by atoms with Crippen molar-refractivity contribution in [2.24, 2.45) is 0 Å². The van der Waals surface area contributed by atoms with Gasteiger partial charge in [-0.2, -0.15) is 0 Å². The zero-order valence-corrected chi connectivity index (χ0v) is 12.1. The third-order valence-corrected chi connectivity index (χ3v) is 4.11. The number of nitrogens with one attached hydrogen (secondary N) is 2. The van der Waals surface area contributed by atoms with Crippen LogP contribution < -0.4 is 10.0 Å². The van der Waals surface area contributed by atoms with E-state index in [1.165, 1.54) is 19.2 Å². The van der Waals surface area contributed by atoms with Crippen LogP contribution in [0.25, 0.3) is 0 Å². The minimum atomic E-state index is -3.47. The quantitative estimate of drug-likeness (QED) is 0.646. The Labute approximate surface area is 118 Å². The van der Waals surface area contributed by atoms with E-state index in [-0.39, 0.29) is 11.4 Å². The molecule has 0 aromatic heterocycles. The smallest absolute Gasteiger partial charge is 0.334 e. The Kier molecular flexibility index (Phi) is 5.93. The SMILES string of the molecule is CCNS(=O)(=O)c1ccc(NCC(OC)C(=O)O)cc1. The van der Waals surface area contributed by atoms with Crippen molar-refractivity contribution in [2.45, 2.75) is 17.9 Å². The Morgan fingerprint density at radius 1 is 1.35 bits per heavy atom. The Morgan fingerprint density at radius 3 is 2.40 bits per heavy atom. The molecule has 1 rings (SSSR count). The Hall–Kier alpha value is -1.64. The monoisotopic (exact) mass is 302 g/mol. The molecule has 0 aliphatic rings. The highest BCUT2D eigenvalue weighted by Gasteiger charge is 2.16. The zero-order chi connectivity index (χ0) is 15.2. The lowest BCUT2D eigenvalue weighted by atomic mass is 10.3. The number of sulfonamides is 1. The number of ether oxygens (including phenoxy) is 1. The van der Waals surface area contributed by atoms with E-state index in [2.05, 4.69) is 10.0 Å². The van der Waals surface area contributed by atoms with Gasteiger partial charge in [0.05, 0.1) is 11.4 Å². The van der Waals surface area contributed by atoms with Gasteiger partial charge >= 0.3 is 5.97 Å². The van der Waals surface area contributed by atoms with E-state index < -0.39 is 22.1 Å². The van der Waals surface area contributed by atoms with Gasteiger partial charge in [0.2, 0.25) is 10.0 Å². The van der Waals surface area contributed by atoms with Gasteiger partial charge in [0.15, 0.2) is 6.10 Å². The molecule has 0 spiro atoms. The van der Waals surface area contributed by atoms with Crippen molar-refractivity contribution in [3.63, 3.8) is 0 Å². The summed E-state index contributed by atoms with van der Waals surface area (Å²) in [4.78, 5) is 10.9. The summed E-state index contributed by atoms with van der Waals surface area (Å²) >= 11 is 0. The molecule has 7 nitrogen and oxygen atoms in total. The molecule has 1 aromatic rings. The number of carboxylic acid groups (broad SMARTS) is 1. The van der Waals surface area contributed by atoms with Gasteiger partial charge in [-0.05, 0) is 24.3 Å². The molecule has 3 N–H and O–H groups in total. The van der Waals surface area contributed by atoms with Crippen LogP contribution in [0.1, 0.15) is 6.92 Å². The molecule has 112 valence electrons. The van der Waals surface area contributed by atoms with Crippen LogP contribution in [0.4, 0.5) is 5.69 Å². The number of hydrogen-bond donors (Lipinski definition) is 3. The molecule has 8 heteroatoms. The number of anilines is 1. The Bertz CT molecular complexity index is 541. The van der Waals surface area contributed by atoms with Gasteiger partial charge in [0, 0.05) is 19.3 Å². The first-order valence-corrected chi connectivity index (χ1v) is 7.48. The number of aliphatic carboxylic acids is 1. The molecule has 0 heterocycles. The lowest BCUT2D eigenvalue weighted by Gasteiger charge is -2.13. The van der Waals surface area contributed by atoms with Crippen LogP contribution in [0.5, 0.6) is 0 Å². The number of rotatable bonds is 8. The molecule has 1 aromatic carbocycles. The third kappa shape index (κ3) is 4.48. The second-order valence-corrected chi connectivity index (χ2v) is 5.74. The number of hydrogen-bond acceptors (Lipinski definition) is 5. The first-order chi connectivity index (χ1) is 9.40. The fourth-order valence-corrected chi connectivity index (χ4v) is 2.55. The first-order valence-electron chi connectivity index (χ1n) is 6.00. The normalized spacial score (nSPS) is 12.9. The largest absolute Gasteiger partial charge is 0.479 e. The standard InChI is InChI=1S/C12H18N2O5S/c1-3-14-20(17,18)10-6-4-9(5-7-10)13-8-11(19-2)12(15)16/h4-7,11,13-14H,3,8H2,1-2H3,(H,15,16). The van der Waals surface area contributed by atoms with Gasteiger partial charge < -0.3 is 15.2 Å². The minimum absolute atomic E-state index is 0.0884. The van der Waals surface area contributed by atoms with Crippen molar-refractivity contribution in [3.05, 3.63) is 24.3 Å². The predicted molar refractivity (Wildman–Crippen MR) is 74.2 cm³/mol. The van der Waals surface area contributed by atoms with Crippen LogP contribution in [0.2, 0.25) is 0 Å². The summed E-state index contributed by atoms with van der Waals surface area (Å²) in [5.74, 6) is -1.06. The maximum atomic E-state index is 11.7.